The molecule has 1 unspecified atom stereocenters. The molecule has 1 aliphatic rings. The van der Waals surface area contributed by atoms with Crippen LogP contribution in [0.5, 0.6) is 5.75 Å². The third-order valence-corrected chi connectivity index (χ3v) is 6.70. The van der Waals surface area contributed by atoms with E-state index in [1.165, 1.54) is 0 Å². The largest absolute Gasteiger partial charge is 0.494 e. The first-order chi connectivity index (χ1) is 14.1. The Balaban J connectivity index is 1.41. The Morgan fingerprint density at radius 3 is 2.76 bits per heavy atom. The summed E-state index contributed by atoms with van der Waals surface area (Å²) in [5.41, 5.74) is 2.88. The Kier molecular flexibility index (Phi) is 8.25. The van der Waals surface area contributed by atoms with Crippen LogP contribution in [0.25, 0.3) is 0 Å². The zero-order valence-electron chi connectivity index (χ0n) is 16.9. The summed E-state index contributed by atoms with van der Waals surface area (Å²) in [6.07, 6.45) is 2.75. The molecule has 5 nitrogen and oxygen atoms in total. The predicted octanol–water partition coefficient (Wildman–Crippen LogP) is 4.22. The molecular weight excluding hydrogens is 386 g/mol. The van der Waals surface area contributed by atoms with Gasteiger partial charge in [0.05, 0.1) is 6.61 Å². The molecule has 3 rings (SSSR count). The van der Waals surface area contributed by atoms with Gasteiger partial charge in [-0.25, -0.2) is 0 Å². The standard InChI is InChI=1S/C23H29NO4S/c1-18-5-2-8-21(15-18)28-12-4-9-23(25)24-20-7-3-6-19(16-20)17-29(26)22-10-13-27-14-11-22/h2-3,5-8,15-16,22H,4,9-14,17H2,1H3,(H,24,25). The molecule has 29 heavy (non-hydrogen) atoms. The van der Waals surface area contributed by atoms with Crippen LogP contribution in [-0.2, 0) is 26.1 Å². The number of carbonyl (C=O) groups excluding carboxylic acids is 1. The Morgan fingerprint density at radius 1 is 1.17 bits per heavy atom. The fourth-order valence-electron chi connectivity index (χ4n) is 3.31. The van der Waals surface area contributed by atoms with Gasteiger partial charge in [-0.2, -0.15) is 0 Å². The van der Waals surface area contributed by atoms with E-state index in [-0.39, 0.29) is 11.2 Å². The topological polar surface area (TPSA) is 64.6 Å². The molecular formula is C23H29NO4S. The van der Waals surface area contributed by atoms with Crippen LogP contribution in [0.15, 0.2) is 48.5 Å². The van der Waals surface area contributed by atoms with Crippen molar-refractivity contribution in [3.8, 4) is 5.75 Å². The Bertz CT molecular complexity index is 833. The second kappa shape index (κ2) is 11.1. The van der Waals surface area contributed by atoms with Crippen molar-refractivity contribution in [1.82, 2.24) is 0 Å². The molecule has 2 aromatic carbocycles. The summed E-state index contributed by atoms with van der Waals surface area (Å²) in [5.74, 6) is 1.30. The maximum absolute atomic E-state index is 12.6. The minimum absolute atomic E-state index is 0.0412. The van der Waals surface area contributed by atoms with Gasteiger partial charge in [-0.15, -0.1) is 0 Å². The van der Waals surface area contributed by atoms with Crippen LogP contribution in [0.4, 0.5) is 5.69 Å². The van der Waals surface area contributed by atoms with Gasteiger partial charge < -0.3 is 14.8 Å². The summed E-state index contributed by atoms with van der Waals surface area (Å²) in [5, 5.41) is 3.13. The lowest BCUT2D eigenvalue weighted by Crippen LogP contribution is -2.25. The molecule has 1 N–H and O–H groups in total. The minimum Gasteiger partial charge on any atom is -0.494 e. The fourth-order valence-corrected chi connectivity index (χ4v) is 4.77. The Hall–Kier alpha value is -2.18. The lowest BCUT2D eigenvalue weighted by molar-refractivity contribution is -0.116. The van der Waals surface area contributed by atoms with Crippen molar-refractivity contribution in [3.63, 3.8) is 0 Å². The maximum atomic E-state index is 12.6. The molecule has 0 aliphatic carbocycles. The number of nitrogens with one attached hydrogen (secondary N) is 1. The maximum Gasteiger partial charge on any atom is 0.224 e. The first kappa shape index (κ1) is 21.5. The molecule has 0 bridgehead atoms. The Morgan fingerprint density at radius 2 is 1.97 bits per heavy atom. The summed E-state index contributed by atoms with van der Waals surface area (Å²) >= 11 is 0. The molecule has 156 valence electrons. The highest BCUT2D eigenvalue weighted by Crippen LogP contribution is 2.19. The van der Waals surface area contributed by atoms with Gasteiger partial charge in [-0.3, -0.25) is 9.00 Å². The highest BCUT2D eigenvalue weighted by molar-refractivity contribution is 7.84. The average molecular weight is 416 g/mol. The molecule has 1 fully saturated rings. The molecule has 1 saturated heterocycles. The highest BCUT2D eigenvalue weighted by atomic mass is 32.2. The summed E-state index contributed by atoms with van der Waals surface area (Å²) in [4.78, 5) is 12.2. The van der Waals surface area contributed by atoms with Crippen LogP contribution >= 0.6 is 0 Å². The van der Waals surface area contributed by atoms with Gasteiger partial charge >= 0.3 is 0 Å². The van der Waals surface area contributed by atoms with E-state index in [1.54, 1.807) is 0 Å². The molecule has 1 amide bonds. The van der Waals surface area contributed by atoms with Crippen LogP contribution < -0.4 is 10.1 Å². The van der Waals surface area contributed by atoms with Gasteiger partial charge in [-0.1, -0.05) is 24.3 Å². The van der Waals surface area contributed by atoms with E-state index in [9.17, 15) is 9.00 Å². The zero-order valence-corrected chi connectivity index (χ0v) is 17.7. The van der Waals surface area contributed by atoms with Crippen molar-refractivity contribution in [2.45, 2.75) is 43.6 Å². The van der Waals surface area contributed by atoms with E-state index in [0.717, 1.165) is 35.4 Å². The highest BCUT2D eigenvalue weighted by Gasteiger charge is 2.20. The van der Waals surface area contributed by atoms with Crippen LogP contribution in [-0.4, -0.2) is 35.2 Å². The molecule has 0 aromatic heterocycles. The van der Waals surface area contributed by atoms with Crippen LogP contribution in [0.3, 0.4) is 0 Å². The molecule has 1 aliphatic heterocycles. The van der Waals surface area contributed by atoms with Gasteiger partial charge in [0.2, 0.25) is 5.91 Å². The summed E-state index contributed by atoms with van der Waals surface area (Å²) in [7, 11) is -0.914. The number of aryl methyl sites for hydroxylation is 1. The molecule has 0 radical (unpaired) electrons. The first-order valence-electron chi connectivity index (χ1n) is 10.1. The van der Waals surface area contributed by atoms with Crippen molar-refractivity contribution < 1.29 is 18.5 Å². The van der Waals surface area contributed by atoms with Gasteiger partial charge in [0.15, 0.2) is 0 Å². The van der Waals surface area contributed by atoms with Gasteiger partial charge in [0, 0.05) is 47.1 Å². The molecule has 1 heterocycles. The van der Waals surface area contributed by atoms with Gasteiger partial charge in [0.1, 0.15) is 5.75 Å². The van der Waals surface area contributed by atoms with Crippen molar-refractivity contribution in [1.29, 1.82) is 0 Å². The molecule has 0 saturated carbocycles. The van der Waals surface area contributed by atoms with Crippen LogP contribution in [0.2, 0.25) is 0 Å². The van der Waals surface area contributed by atoms with E-state index < -0.39 is 10.8 Å². The Labute approximate surface area is 175 Å². The number of ether oxygens (including phenoxy) is 2. The van der Waals surface area contributed by atoms with Gasteiger partial charge in [-0.05, 0) is 61.6 Å². The van der Waals surface area contributed by atoms with Crippen molar-refractivity contribution in [2.75, 3.05) is 25.1 Å². The SMILES string of the molecule is Cc1cccc(OCCCC(=O)Nc2cccc(CS(=O)C3CCOCC3)c2)c1. The second-order valence-electron chi connectivity index (χ2n) is 7.35. The van der Waals surface area contributed by atoms with E-state index in [2.05, 4.69) is 5.32 Å². The average Bonchev–Trinajstić information content (AvgIpc) is 2.72. The smallest absolute Gasteiger partial charge is 0.224 e. The minimum atomic E-state index is -0.914. The van der Waals surface area contributed by atoms with E-state index in [1.807, 2.05) is 55.5 Å². The molecule has 1 atom stereocenters. The number of benzene rings is 2. The normalized spacial score (nSPS) is 15.6. The second-order valence-corrected chi connectivity index (χ2v) is 9.07. The number of carbonyl (C=O) groups is 1. The summed E-state index contributed by atoms with van der Waals surface area (Å²) in [6.45, 7) is 3.91. The number of amides is 1. The summed E-state index contributed by atoms with van der Waals surface area (Å²) in [6, 6.07) is 15.5. The monoisotopic (exact) mass is 415 g/mol. The summed E-state index contributed by atoms with van der Waals surface area (Å²) < 4.78 is 23.6. The van der Waals surface area contributed by atoms with Crippen molar-refractivity contribution in [2.24, 2.45) is 0 Å². The first-order valence-corrected chi connectivity index (χ1v) is 11.5. The number of hydrogen-bond donors (Lipinski definition) is 1. The van der Waals surface area contributed by atoms with E-state index in [0.29, 0.717) is 38.4 Å². The lowest BCUT2D eigenvalue weighted by atomic mass is 10.2. The van der Waals surface area contributed by atoms with Crippen LogP contribution in [0.1, 0.15) is 36.8 Å². The van der Waals surface area contributed by atoms with Crippen LogP contribution in [0, 0.1) is 6.92 Å². The third kappa shape index (κ3) is 7.29. The number of hydrogen-bond acceptors (Lipinski definition) is 4. The van der Waals surface area contributed by atoms with Crippen molar-refractivity contribution >= 4 is 22.4 Å². The third-order valence-electron chi connectivity index (χ3n) is 4.87. The molecule has 2 aromatic rings. The van der Waals surface area contributed by atoms with Gasteiger partial charge in [0.25, 0.3) is 0 Å². The van der Waals surface area contributed by atoms with E-state index >= 15 is 0 Å². The fraction of sp³-hybridized carbons (Fsp3) is 0.435. The lowest BCUT2D eigenvalue weighted by Gasteiger charge is -2.21. The molecule has 0 spiro atoms. The predicted molar refractivity (Wildman–Crippen MR) is 117 cm³/mol. The quantitative estimate of drug-likeness (QED) is 0.623. The number of anilines is 1. The van der Waals surface area contributed by atoms with E-state index in [4.69, 9.17) is 9.47 Å². The zero-order chi connectivity index (χ0) is 20.5. The molecule has 6 heteroatoms. The van der Waals surface area contributed by atoms with Crippen molar-refractivity contribution in [3.05, 3.63) is 59.7 Å². The number of rotatable bonds is 9.